The third-order valence-corrected chi connectivity index (χ3v) is 5.05. The highest BCUT2D eigenvalue weighted by molar-refractivity contribution is 7.22. The Hall–Kier alpha value is -1.33. The zero-order chi connectivity index (χ0) is 13.4. The number of hydrogen-bond donors (Lipinski definition) is 1. The first-order valence-electron chi connectivity index (χ1n) is 6.71. The Morgan fingerprint density at radius 2 is 2.11 bits per heavy atom. The summed E-state index contributed by atoms with van der Waals surface area (Å²) in [6.07, 6.45) is 2.43. The van der Waals surface area contributed by atoms with E-state index in [-0.39, 0.29) is 0 Å². The minimum atomic E-state index is 0.606. The third-order valence-electron chi connectivity index (χ3n) is 3.94. The molecule has 1 aliphatic rings. The average molecular weight is 276 g/mol. The summed E-state index contributed by atoms with van der Waals surface area (Å²) in [6, 6.07) is 6.54. The highest BCUT2D eigenvalue weighted by atomic mass is 32.1. The number of nitrogen functional groups attached to an aromatic ring is 1. The lowest BCUT2D eigenvalue weighted by Crippen LogP contribution is -2.41. The van der Waals surface area contributed by atoms with Crippen LogP contribution in [-0.4, -0.2) is 43.1 Å². The molecule has 0 bridgehead atoms. The van der Waals surface area contributed by atoms with Gasteiger partial charge in [-0.15, -0.1) is 0 Å². The molecule has 0 unspecified atom stereocenters. The molecule has 19 heavy (non-hydrogen) atoms. The van der Waals surface area contributed by atoms with Crippen LogP contribution in [0.3, 0.4) is 0 Å². The van der Waals surface area contributed by atoms with E-state index in [2.05, 4.69) is 23.9 Å². The molecule has 102 valence electrons. The normalized spacial score (nSPS) is 18.0. The fourth-order valence-electron chi connectivity index (χ4n) is 2.62. The van der Waals surface area contributed by atoms with E-state index in [9.17, 15) is 0 Å². The van der Waals surface area contributed by atoms with E-state index in [1.54, 1.807) is 11.3 Å². The van der Waals surface area contributed by atoms with Gasteiger partial charge < -0.3 is 15.5 Å². The van der Waals surface area contributed by atoms with Gasteiger partial charge in [-0.25, -0.2) is 4.98 Å². The highest BCUT2D eigenvalue weighted by Gasteiger charge is 2.22. The summed E-state index contributed by atoms with van der Waals surface area (Å²) in [4.78, 5) is 9.46. The van der Waals surface area contributed by atoms with E-state index in [0.717, 1.165) is 16.3 Å². The summed E-state index contributed by atoms with van der Waals surface area (Å²) in [5.74, 6) is 0. The van der Waals surface area contributed by atoms with Crippen LogP contribution in [0.2, 0.25) is 0 Å². The molecule has 0 aliphatic carbocycles. The summed E-state index contributed by atoms with van der Waals surface area (Å²) in [7, 11) is 4.35. The number of rotatable bonds is 2. The lowest BCUT2D eigenvalue weighted by Gasteiger charge is -2.34. The number of likely N-dealkylation sites (tertiary alicyclic amines) is 1. The lowest BCUT2D eigenvalue weighted by molar-refractivity contribution is 0.253. The Morgan fingerprint density at radius 3 is 2.84 bits per heavy atom. The van der Waals surface area contributed by atoms with Gasteiger partial charge in [-0.3, -0.25) is 0 Å². The van der Waals surface area contributed by atoms with Crippen LogP contribution in [0.5, 0.6) is 0 Å². The highest BCUT2D eigenvalue weighted by Crippen LogP contribution is 2.31. The second-order valence-corrected chi connectivity index (χ2v) is 6.38. The molecule has 2 N–H and O–H groups in total. The Balaban J connectivity index is 1.83. The topological polar surface area (TPSA) is 45.4 Å². The predicted molar refractivity (Wildman–Crippen MR) is 83.0 cm³/mol. The summed E-state index contributed by atoms with van der Waals surface area (Å²) in [5, 5.41) is 1.11. The Morgan fingerprint density at radius 1 is 1.37 bits per heavy atom. The minimum absolute atomic E-state index is 0.606. The standard InChI is InChI=1S/C14H20N4S/c1-17-7-5-11(6-8-17)18(2)14-16-12-4-3-10(15)9-13(12)19-14/h3-4,9,11H,5-8,15H2,1-2H3. The fraction of sp³-hybridized carbons (Fsp3) is 0.500. The molecule has 1 aliphatic heterocycles. The Kier molecular flexibility index (Phi) is 3.33. The number of nitrogens with two attached hydrogens (primary N) is 1. The Bertz CT molecular complexity index is 572. The molecule has 1 aromatic heterocycles. The lowest BCUT2D eigenvalue weighted by atomic mass is 10.0. The van der Waals surface area contributed by atoms with Crippen molar-refractivity contribution in [3.8, 4) is 0 Å². The van der Waals surface area contributed by atoms with Crippen molar-refractivity contribution in [2.45, 2.75) is 18.9 Å². The van der Waals surface area contributed by atoms with E-state index in [4.69, 9.17) is 10.7 Å². The summed E-state index contributed by atoms with van der Waals surface area (Å²) in [5.41, 5.74) is 7.69. The van der Waals surface area contributed by atoms with Crippen molar-refractivity contribution in [3.05, 3.63) is 18.2 Å². The summed E-state index contributed by atoms with van der Waals surface area (Å²) in [6.45, 7) is 2.35. The largest absolute Gasteiger partial charge is 0.399 e. The molecule has 1 fully saturated rings. The van der Waals surface area contributed by atoms with Crippen molar-refractivity contribution < 1.29 is 0 Å². The van der Waals surface area contributed by atoms with Gasteiger partial charge in [0.2, 0.25) is 0 Å². The van der Waals surface area contributed by atoms with Crippen LogP contribution in [0.1, 0.15) is 12.8 Å². The first kappa shape index (κ1) is 12.7. The first-order valence-corrected chi connectivity index (χ1v) is 7.52. The smallest absolute Gasteiger partial charge is 0.186 e. The second-order valence-electron chi connectivity index (χ2n) is 5.37. The quantitative estimate of drug-likeness (QED) is 0.856. The monoisotopic (exact) mass is 276 g/mol. The van der Waals surface area contributed by atoms with Crippen molar-refractivity contribution in [1.82, 2.24) is 9.88 Å². The SMILES string of the molecule is CN1CCC(N(C)c2nc3ccc(N)cc3s2)CC1. The van der Waals surface area contributed by atoms with Gasteiger partial charge in [-0.05, 0) is 51.2 Å². The number of aromatic nitrogens is 1. The van der Waals surface area contributed by atoms with Gasteiger partial charge >= 0.3 is 0 Å². The molecular formula is C14H20N4S. The van der Waals surface area contributed by atoms with Crippen LogP contribution in [0, 0.1) is 0 Å². The number of thiazole rings is 1. The average Bonchev–Trinajstić information content (AvgIpc) is 2.81. The molecule has 0 amide bonds. The van der Waals surface area contributed by atoms with Crippen LogP contribution in [-0.2, 0) is 0 Å². The van der Waals surface area contributed by atoms with Gasteiger partial charge in [0.05, 0.1) is 10.2 Å². The van der Waals surface area contributed by atoms with Crippen LogP contribution in [0.4, 0.5) is 10.8 Å². The molecule has 1 saturated heterocycles. The van der Waals surface area contributed by atoms with Crippen molar-refractivity contribution in [3.63, 3.8) is 0 Å². The van der Waals surface area contributed by atoms with Crippen molar-refractivity contribution in [2.24, 2.45) is 0 Å². The van der Waals surface area contributed by atoms with Crippen LogP contribution >= 0.6 is 11.3 Å². The molecule has 2 aromatic rings. The van der Waals surface area contributed by atoms with Gasteiger partial charge in [0.15, 0.2) is 5.13 Å². The zero-order valence-corrected chi connectivity index (χ0v) is 12.3. The van der Waals surface area contributed by atoms with Gasteiger partial charge in [-0.1, -0.05) is 11.3 Å². The maximum atomic E-state index is 5.83. The maximum Gasteiger partial charge on any atom is 0.186 e. The van der Waals surface area contributed by atoms with Crippen LogP contribution < -0.4 is 10.6 Å². The number of fused-ring (bicyclic) bond motifs is 1. The Labute approximate surface area is 117 Å². The molecular weight excluding hydrogens is 256 g/mol. The first-order chi connectivity index (χ1) is 9.13. The molecule has 0 spiro atoms. The molecule has 5 heteroatoms. The maximum absolute atomic E-state index is 5.83. The molecule has 2 heterocycles. The molecule has 4 nitrogen and oxygen atoms in total. The minimum Gasteiger partial charge on any atom is -0.399 e. The van der Waals surface area contributed by atoms with E-state index in [0.29, 0.717) is 6.04 Å². The number of piperidine rings is 1. The number of anilines is 2. The molecule has 0 saturated carbocycles. The molecule has 0 radical (unpaired) electrons. The van der Waals surface area contributed by atoms with E-state index in [1.165, 1.54) is 30.6 Å². The third kappa shape index (κ3) is 2.53. The van der Waals surface area contributed by atoms with Gasteiger partial charge in [0.1, 0.15) is 0 Å². The van der Waals surface area contributed by atoms with Crippen molar-refractivity contribution in [1.29, 1.82) is 0 Å². The van der Waals surface area contributed by atoms with Crippen molar-refractivity contribution >= 4 is 32.4 Å². The van der Waals surface area contributed by atoms with Crippen LogP contribution in [0.15, 0.2) is 18.2 Å². The van der Waals surface area contributed by atoms with Gasteiger partial charge in [0, 0.05) is 18.8 Å². The van der Waals surface area contributed by atoms with Crippen LogP contribution in [0.25, 0.3) is 10.2 Å². The molecule has 1 aromatic carbocycles. The number of hydrogen-bond acceptors (Lipinski definition) is 5. The second kappa shape index (κ2) is 4.98. The number of benzene rings is 1. The van der Waals surface area contributed by atoms with Gasteiger partial charge in [0.25, 0.3) is 0 Å². The van der Waals surface area contributed by atoms with Gasteiger partial charge in [-0.2, -0.15) is 0 Å². The summed E-state index contributed by atoms with van der Waals surface area (Å²) >= 11 is 1.74. The van der Waals surface area contributed by atoms with E-state index in [1.807, 2.05) is 18.2 Å². The molecule has 0 atom stereocenters. The molecule has 3 rings (SSSR count). The van der Waals surface area contributed by atoms with E-state index >= 15 is 0 Å². The predicted octanol–water partition coefficient (Wildman–Crippen LogP) is 2.41. The number of nitrogens with zero attached hydrogens (tertiary/aromatic N) is 3. The zero-order valence-electron chi connectivity index (χ0n) is 11.5. The van der Waals surface area contributed by atoms with E-state index < -0.39 is 0 Å². The van der Waals surface area contributed by atoms with Crippen molar-refractivity contribution in [2.75, 3.05) is 37.8 Å². The fourth-order valence-corrected chi connectivity index (χ4v) is 3.67. The summed E-state index contributed by atoms with van der Waals surface area (Å²) < 4.78 is 1.18.